The normalized spacial score (nSPS) is 11.9. The Labute approximate surface area is 167 Å². The van der Waals surface area contributed by atoms with E-state index in [0.717, 1.165) is 10.2 Å². The van der Waals surface area contributed by atoms with Crippen molar-refractivity contribution in [3.63, 3.8) is 0 Å². The van der Waals surface area contributed by atoms with Crippen LogP contribution in [0.25, 0.3) is 22.5 Å². The van der Waals surface area contributed by atoms with Crippen molar-refractivity contribution in [2.24, 2.45) is 5.73 Å². The van der Waals surface area contributed by atoms with Gasteiger partial charge in [-0.3, -0.25) is 9.59 Å². The minimum Gasteiger partial charge on any atom is -0.382 e. The Balaban J connectivity index is 2.22. The zero-order valence-electron chi connectivity index (χ0n) is 15.3. The summed E-state index contributed by atoms with van der Waals surface area (Å²) >= 11 is 6.20. The fraction of sp³-hybridized carbons (Fsp3) is 0.200. The molecule has 28 heavy (non-hydrogen) atoms. The predicted molar refractivity (Wildman–Crippen MR) is 110 cm³/mol. The smallest absolute Gasteiger partial charge is 0.267 e. The molecule has 1 unspecified atom stereocenters. The first-order valence-electron chi connectivity index (χ1n) is 8.83. The second-order valence-electron chi connectivity index (χ2n) is 6.33. The number of primary amides is 1. The number of carbonyl (C=O) groups is 1. The molecule has 3 rings (SSSR count). The average Bonchev–Trinajstić information content (AvgIpc) is 2.69. The molecule has 4 N–H and O–H groups in total. The highest BCUT2D eigenvalue weighted by atomic mass is 35.5. The molecule has 0 saturated heterocycles. The number of pyridine rings is 1. The molecule has 1 aromatic carbocycles. The molecule has 8 heteroatoms. The van der Waals surface area contributed by atoms with Gasteiger partial charge >= 0.3 is 0 Å². The molecule has 2 heterocycles. The number of anilines is 1. The molecule has 0 aliphatic rings. The summed E-state index contributed by atoms with van der Waals surface area (Å²) in [6.45, 7) is 1.90. The number of benzene rings is 1. The maximum atomic E-state index is 12.3. The molecular formula is C20H20ClN5O2. The van der Waals surface area contributed by atoms with Crippen LogP contribution in [-0.4, -0.2) is 20.7 Å². The van der Waals surface area contributed by atoms with Crippen molar-refractivity contribution in [2.75, 3.05) is 5.73 Å². The maximum absolute atomic E-state index is 12.3. The van der Waals surface area contributed by atoms with E-state index in [0.29, 0.717) is 29.8 Å². The summed E-state index contributed by atoms with van der Waals surface area (Å²) in [5, 5.41) is 4.68. The SMILES string of the molecule is CCCC(C(N)=O)n1nc(-c2cc(Cl)c(N)nc2-c2ccccc2)ccc1=O. The van der Waals surface area contributed by atoms with Crippen molar-refractivity contribution in [2.45, 2.75) is 25.8 Å². The second kappa shape index (κ2) is 8.22. The van der Waals surface area contributed by atoms with E-state index in [9.17, 15) is 9.59 Å². The molecular weight excluding hydrogens is 378 g/mol. The van der Waals surface area contributed by atoms with Gasteiger partial charge in [0.05, 0.1) is 16.4 Å². The fourth-order valence-electron chi connectivity index (χ4n) is 2.97. The van der Waals surface area contributed by atoms with Gasteiger partial charge in [0.25, 0.3) is 5.56 Å². The van der Waals surface area contributed by atoms with Crippen LogP contribution < -0.4 is 17.0 Å². The molecule has 2 aromatic heterocycles. The minimum absolute atomic E-state index is 0.193. The van der Waals surface area contributed by atoms with E-state index in [1.165, 1.54) is 6.07 Å². The number of hydrogen-bond acceptors (Lipinski definition) is 5. The van der Waals surface area contributed by atoms with Crippen LogP contribution in [0.3, 0.4) is 0 Å². The van der Waals surface area contributed by atoms with Gasteiger partial charge in [-0.2, -0.15) is 5.10 Å². The third kappa shape index (κ3) is 3.89. The van der Waals surface area contributed by atoms with Crippen LogP contribution >= 0.6 is 11.6 Å². The van der Waals surface area contributed by atoms with Crippen LogP contribution in [0.5, 0.6) is 0 Å². The Hall–Kier alpha value is -3.19. The van der Waals surface area contributed by atoms with Gasteiger partial charge in [0.15, 0.2) is 0 Å². The van der Waals surface area contributed by atoms with Crippen LogP contribution in [0.2, 0.25) is 5.02 Å². The van der Waals surface area contributed by atoms with Gasteiger partial charge in [-0.05, 0) is 18.6 Å². The van der Waals surface area contributed by atoms with Crippen LogP contribution in [0.1, 0.15) is 25.8 Å². The molecule has 0 bridgehead atoms. The van der Waals surface area contributed by atoms with E-state index in [2.05, 4.69) is 10.1 Å². The standard InChI is InChI=1S/C20H20ClN5O2/c1-2-6-16(20(23)28)26-17(27)10-9-15(25-26)13-11-14(21)19(22)24-18(13)12-7-4-3-5-8-12/h3-5,7-11,16H,2,6H2,1H3,(H2,22,24)(H2,23,28). The first kappa shape index (κ1) is 19.6. The fourth-order valence-corrected chi connectivity index (χ4v) is 3.12. The van der Waals surface area contributed by atoms with Gasteiger partial charge in [0.1, 0.15) is 11.9 Å². The summed E-state index contributed by atoms with van der Waals surface area (Å²) in [6, 6.07) is 13.2. The molecule has 144 valence electrons. The van der Waals surface area contributed by atoms with E-state index in [1.807, 2.05) is 37.3 Å². The van der Waals surface area contributed by atoms with Gasteiger partial charge in [0.2, 0.25) is 5.91 Å². The van der Waals surface area contributed by atoms with Gasteiger partial charge in [-0.1, -0.05) is 55.3 Å². The number of halogens is 1. The molecule has 0 aliphatic heterocycles. The van der Waals surface area contributed by atoms with Crippen molar-refractivity contribution in [1.82, 2.24) is 14.8 Å². The highest BCUT2D eigenvalue weighted by molar-refractivity contribution is 6.33. The third-order valence-electron chi connectivity index (χ3n) is 4.34. The molecule has 0 fully saturated rings. The minimum atomic E-state index is -0.824. The van der Waals surface area contributed by atoms with E-state index >= 15 is 0 Å². The Morgan fingerprint density at radius 3 is 2.57 bits per heavy atom. The topological polar surface area (TPSA) is 117 Å². The molecule has 1 amide bonds. The number of amides is 1. The Bertz CT molecular complexity index is 1070. The number of aromatic nitrogens is 3. The van der Waals surface area contributed by atoms with Gasteiger partial charge in [-0.15, -0.1) is 0 Å². The van der Waals surface area contributed by atoms with E-state index in [4.69, 9.17) is 23.1 Å². The number of rotatable bonds is 6. The van der Waals surface area contributed by atoms with Crippen molar-refractivity contribution in [3.05, 3.63) is 63.9 Å². The number of nitrogens with two attached hydrogens (primary N) is 2. The van der Waals surface area contributed by atoms with Crippen molar-refractivity contribution in [1.29, 1.82) is 0 Å². The molecule has 1 atom stereocenters. The van der Waals surface area contributed by atoms with Gasteiger partial charge < -0.3 is 11.5 Å². The third-order valence-corrected chi connectivity index (χ3v) is 4.64. The second-order valence-corrected chi connectivity index (χ2v) is 6.73. The molecule has 0 radical (unpaired) electrons. The molecule has 0 aliphatic carbocycles. The summed E-state index contributed by atoms with van der Waals surface area (Å²) < 4.78 is 1.13. The maximum Gasteiger partial charge on any atom is 0.267 e. The molecule has 0 spiro atoms. The molecule has 3 aromatic rings. The van der Waals surface area contributed by atoms with E-state index in [1.54, 1.807) is 12.1 Å². The number of carbonyl (C=O) groups excluding carboxylic acids is 1. The summed E-state index contributed by atoms with van der Waals surface area (Å²) in [5.41, 5.74) is 13.4. The number of hydrogen-bond donors (Lipinski definition) is 2. The van der Waals surface area contributed by atoms with Crippen molar-refractivity contribution >= 4 is 23.3 Å². The average molecular weight is 398 g/mol. The highest BCUT2D eigenvalue weighted by Crippen LogP contribution is 2.33. The lowest BCUT2D eigenvalue weighted by Gasteiger charge is -2.16. The Morgan fingerprint density at radius 1 is 1.21 bits per heavy atom. The quantitative estimate of drug-likeness (QED) is 0.662. The lowest BCUT2D eigenvalue weighted by molar-refractivity contribution is -0.121. The first-order chi connectivity index (χ1) is 13.4. The molecule has 7 nitrogen and oxygen atoms in total. The Morgan fingerprint density at radius 2 is 1.93 bits per heavy atom. The zero-order valence-corrected chi connectivity index (χ0v) is 16.1. The van der Waals surface area contributed by atoms with Crippen LogP contribution in [0.4, 0.5) is 5.82 Å². The van der Waals surface area contributed by atoms with E-state index in [-0.39, 0.29) is 10.8 Å². The van der Waals surface area contributed by atoms with Gasteiger partial charge in [-0.25, -0.2) is 9.67 Å². The van der Waals surface area contributed by atoms with Crippen molar-refractivity contribution < 1.29 is 4.79 Å². The largest absolute Gasteiger partial charge is 0.382 e. The van der Waals surface area contributed by atoms with Crippen LogP contribution in [0.15, 0.2) is 53.3 Å². The summed E-state index contributed by atoms with van der Waals surface area (Å²) in [4.78, 5) is 28.6. The predicted octanol–water partition coefficient (Wildman–Crippen LogP) is 3.03. The van der Waals surface area contributed by atoms with Crippen LogP contribution in [-0.2, 0) is 4.79 Å². The zero-order chi connectivity index (χ0) is 20.3. The summed E-state index contributed by atoms with van der Waals surface area (Å²) in [5.74, 6) is -0.413. The number of nitrogens with zero attached hydrogens (tertiary/aromatic N) is 3. The molecule has 0 saturated carbocycles. The lowest BCUT2D eigenvalue weighted by atomic mass is 10.0. The van der Waals surface area contributed by atoms with E-state index < -0.39 is 17.5 Å². The number of nitrogen functional groups attached to an aromatic ring is 1. The monoisotopic (exact) mass is 397 g/mol. The van der Waals surface area contributed by atoms with Gasteiger partial charge in [0, 0.05) is 17.2 Å². The van der Waals surface area contributed by atoms with Crippen LogP contribution in [0, 0.1) is 0 Å². The summed E-state index contributed by atoms with van der Waals surface area (Å²) in [6.07, 6.45) is 1.09. The Kier molecular flexibility index (Phi) is 5.75. The first-order valence-corrected chi connectivity index (χ1v) is 9.21. The van der Waals surface area contributed by atoms with Crippen molar-refractivity contribution in [3.8, 4) is 22.5 Å². The lowest BCUT2D eigenvalue weighted by Crippen LogP contribution is -2.35. The highest BCUT2D eigenvalue weighted by Gasteiger charge is 2.21. The summed E-state index contributed by atoms with van der Waals surface area (Å²) in [7, 11) is 0.